The fourth-order valence-electron chi connectivity index (χ4n) is 7.56. The van der Waals surface area contributed by atoms with E-state index in [0.29, 0.717) is 31.2 Å². The third-order valence-corrected chi connectivity index (χ3v) is 9.62. The van der Waals surface area contributed by atoms with Crippen molar-refractivity contribution in [3.63, 3.8) is 0 Å². The van der Waals surface area contributed by atoms with Crippen LogP contribution in [-0.2, 0) is 10.2 Å². The van der Waals surface area contributed by atoms with Crippen LogP contribution in [0.2, 0.25) is 0 Å². The molecule has 0 saturated carbocycles. The molecule has 7 heteroatoms. The van der Waals surface area contributed by atoms with Gasteiger partial charge in [0, 0.05) is 31.2 Å². The molecular weight excluding hydrogens is 478 g/mol. The van der Waals surface area contributed by atoms with Crippen molar-refractivity contribution in [2.45, 2.75) is 75.4 Å². The van der Waals surface area contributed by atoms with E-state index in [4.69, 9.17) is 22.9 Å². The third kappa shape index (κ3) is 4.46. The van der Waals surface area contributed by atoms with E-state index in [2.05, 4.69) is 71.0 Å². The number of rotatable bonds is 5. The number of nitrogens with zero attached hydrogens (tertiary/aromatic N) is 4. The number of aromatic nitrogens is 2. The highest BCUT2D eigenvalue weighted by molar-refractivity contribution is 7.81. The molecule has 0 aliphatic carbocycles. The maximum absolute atomic E-state index is 12.4. The van der Waals surface area contributed by atoms with Crippen LogP contribution in [0.5, 0.6) is 0 Å². The Morgan fingerprint density at radius 3 is 2.32 bits per heavy atom. The van der Waals surface area contributed by atoms with Gasteiger partial charge in [0.2, 0.25) is 0 Å². The molecule has 3 aliphatic rings. The quantitative estimate of drug-likeness (QED) is 0.497. The van der Waals surface area contributed by atoms with Gasteiger partial charge < -0.3 is 15.2 Å². The first-order chi connectivity index (χ1) is 17.9. The summed E-state index contributed by atoms with van der Waals surface area (Å²) in [6.07, 6.45) is 8.02. The lowest BCUT2D eigenvalue weighted by atomic mass is 9.70. The molecule has 1 unspecified atom stereocenters. The summed E-state index contributed by atoms with van der Waals surface area (Å²) in [5.41, 5.74) is 9.53. The molecule has 3 atom stereocenters. The number of nitrogens with two attached hydrogens (primary N) is 1. The van der Waals surface area contributed by atoms with Crippen molar-refractivity contribution in [1.29, 1.82) is 0 Å². The van der Waals surface area contributed by atoms with Crippen molar-refractivity contribution in [3.05, 3.63) is 66.0 Å². The van der Waals surface area contributed by atoms with Crippen LogP contribution in [0.1, 0.15) is 62.4 Å². The van der Waals surface area contributed by atoms with E-state index < -0.39 is 0 Å². The predicted molar refractivity (Wildman–Crippen MR) is 152 cm³/mol. The van der Waals surface area contributed by atoms with Crippen LogP contribution in [0.25, 0.3) is 11.0 Å². The first-order valence-corrected chi connectivity index (χ1v) is 14.2. The Labute approximate surface area is 224 Å². The first-order valence-electron chi connectivity index (χ1n) is 13.8. The number of piperidine rings is 2. The molecule has 6 rings (SSSR count). The summed E-state index contributed by atoms with van der Waals surface area (Å²) in [5.74, 6) is 0.958. The van der Waals surface area contributed by atoms with Crippen LogP contribution >= 0.6 is 12.2 Å². The monoisotopic (exact) mass is 515 g/mol. The number of hydrogen-bond donors (Lipinski definition) is 1. The number of imidazole rings is 1. The number of hydrogen-bond acceptors (Lipinski definition) is 4. The van der Waals surface area contributed by atoms with Crippen molar-refractivity contribution in [2.24, 2.45) is 5.73 Å². The number of carbonyl (C=O) groups excluding carboxylic acids is 1. The van der Waals surface area contributed by atoms with Crippen molar-refractivity contribution in [1.82, 2.24) is 19.4 Å². The second-order valence-corrected chi connectivity index (χ2v) is 11.8. The van der Waals surface area contributed by atoms with E-state index in [1.165, 1.54) is 36.8 Å². The summed E-state index contributed by atoms with van der Waals surface area (Å²) >= 11 is 4.97. The summed E-state index contributed by atoms with van der Waals surface area (Å²) < 4.78 is 2.51. The second-order valence-electron chi connectivity index (χ2n) is 11.3. The number of aryl methyl sites for hydroxylation is 1. The molecule has 2 bridgehead atoms. The fraction of sp³-hybridized carbons (Fsp3) is 0.500. The number of fused-ring (bicyclic) bond motifs is 3. The van der Waals surface area contributed by atoms with Gasteiger partial charge in [0.05, 0.1) is 11.0 Å². The van der Waals surface area contributed by atoms with Gasteiger partial charge in [0.15, 0.2) is 4.99 Å². The van der Waals surface area contributed by atoms with E-state index in [9.17, 15) is 4.79 Å². The highest BCUT2D eigenvalue weighted by Crippen LogP contribution is 2.45. The standard InChI is InChI=1S/C30H37N5OS/c1-21-32-26-9-5-6-10-27(26)35(21)25-19-23-11-12-24(20-25)34(23)18-15-30(22-7-3-2-4-8-22)13-16-33(17-14-30)29(36)28(31)37/h2-10,23-25H,11-20H2,1H3,(H2,31,37)/t23-,24+,25?. The zero-order valence-electron chi connectivity index (χ0n) is 21.7. The molecule has 0 spiro atoms. The highest BCUT2D eigenvalue weighted by atomic mass is 32.1. The van der Waals surface area contributed by atoms with Crippen LogP contribution in [0.3, 0.4) is 0 Å². The molecule has 2 N–H and O–H groups in total. The Balaban J connectivity index is 1.18. The maximum atomic E-state index is 12.4. The van der Waals surface area contributed by atoms with Crippen LogP contribution in [0, 0.1) is 6.92 Å². The number of benzene rings is 2. The van der Waals surface area contributed by atoms with Gasteiger partial charge in [-0.05, 0) is 81.5 Å². The lowest BCUT2D eigenvalue weighted by Crippen LogP contribution is -2.50. The fourth-order valence-corrected chi connectivity index (χ4v) is 7.69. The molecule has 2 aromatic carbocycles. The number of para-hydroxylation sites is 2. The molecule has 3 aromatic rings. The molecule has 3 aliphatic heterocycles. The van der Waals surface area contributed by atoms with E-state index in [0.717, 1.165) is 37.1 Å². The minimum atomic E-state index is -0.181. The normalized spacial score (nSPS) is 25.4. The van der Waals surface area contributed by atoms with Crippen LogP contribution < -0.4 is 5.73 Å². The lowest BCUT2D eigenvalue weighted by molar-refractivity contribution is -0.125. The van der Waals surface area contributed by atoms with Gasteiger partial charge in [-0.25, -0.2) is 4.98 Å². The van der Waals surface area contributed by atoms with Crippen LogP contribution in [-0.4, -0.2) is 62.0 Å². The number of likely N-dealkylation sites (tertiary alicyclic amines) is 1. The van der Waals surface area contributed by atoms with E-state index in [1.807, 2.05) is 4.90 Å². The Morgan fingerprint density at radius 1 is 1.00 bits per heavy atom. The molecule has 6 nitrogen and oxygen atoms in total. The predicted octanol–water partition coefficient (Wildman–Crippen LogP) is 4.75. The molecular formula is C30H37N5OS. The smallest absolute Gasteiger partial charge is 0.281 e. The topological polar surface area (TPSA) is 67.4 Å². The SMILES string of the molecule is Cc1nc2ccccc2n1C1C[C@H]2CC[C@@H](C1)N2CCC1(c2ccccc2)CCN(C(=O)C(N)=S)CC1. The summed E-state index contributed by atoms with van der Waals surface area (Å²) in [6.45, 7) is 4.70. The Morgan fingerprint density at radius 2 is 1.65 bits per heavy atom. The molecule has 37 heavy (non-hydrogen) atoms. The largest absolute Gasteiger partial charge is 0.385 e. The minimum absolute atomic E-state index is 0.0208. The second kappa shape index (κ2) is 9.84. The number of amides is 1. The van der Waals surface area contributed by atoms with Crippen LogP contribution in [0.15, 0.2) is 54.6 Å². The average molecular weight is 516 g/mol. The molecule has 3 fully saturated rings. The van der Waals surface area contributed by atoms with Gasteiger partial charge in [-0.3, -0.25) is 9.69 Å². The van der Waals surface area contributed by atoms with Gasteiger partial charge in [0.25, 0.3) is 5.91 Å². The molecule has 3 saturated heterocycles. The van der Waals surface area contributed by atoms with E-state index >= 15 is 0 Å². The average Bonchev–Trinajstić information content (AvgIpc) is 3.38. The minimum Gasteiger partial charge on any atom is -0.385 e. The Hall–Kier alpha value is -2.77. The number of carbonyl (C=O) groups is 1. The summed E-state index contributed by atoms with van der Waals surface area (Å²) in [7, 11) is 0. The zero-order chi connectivity index (χ0) is 25.6. The van der Waals surface area contributed by atoms with Gasteiger partial charge >= 0.3 is 0 Å². The molecule has 4 heterocycles. The summed E-state index contributed by atoms with van der Waals surface area (Å²) in [5, 5.41) is 0. The lowest BCUT2D eigenvalue weighted by Gasteiger charge is -2.45. The zero-order valence-corrected chi connectivity index (χ0v) is 22.5. The van der Waals surface area contributed by atoms with Gasteiger partial charge in [-0.1, -0.05) is 54.7 Å². The van der Waals surface area contributed by atoms with Crippen molar-refractivity contribution in [2.75, 3.05) is 19.6 Å². The van der Waals surface area contributed by atoms with E-state index in [1.54, 1.807) is 0 Å². The Bertz CT molecular complexity index is 1280. The van der Waals surface area contributed by atoms with Gasteiger partial charge in [0.1, 0.15) is 5.82 Å². The van der Waals surface area contributed by atoms with Crippen molar-refractivity contribution in [3.8, 4) is 0 Å². The van der Waals surface area contributed by atoms with Crippen molar-refractivity contribution >= 4 is 34.1 Å². The van der Waals surface area contributed by atoms with E-state index in [-0.39, 0.29) is 16.3 Å². The highest BCUT2D eigenvalue weighted by Gasteiger charge is 2.44. The molecule has 1 amide bonds. The third-order valence-electron chi connectivity index (χ3n) is 9.45. The maximum Gasteiger partial charge on any atom is 0.281 e. The van der Waals surface area contributed by atoms with Crippen molar-refractivity contribution < 1.29 is 4.79 Å². The van der Waals surface area contributed by atoms with Gasteiger partial charge in [-0.15, -0.1) is 0 Å². The Kier molecular flexibility index (Phi) is 6.53. The van der Waals surface area contributed by atoms with Crippen LogP contribution in [0.4, 0.5) is 0 Å². The summed E-state index contributed by atoms with van der Waals surface area (Å²) in [4.78, 5) is 21.9. The summed E-state index contributed by atoms with van der Waals surface area (Å²) in [6, 6.07) is 21.3. The molecule has 1 aromatic heterocycles. The van der Waals surface area contributed by atoms with Gasteiger partial charge in [-0.2, -0.15) is 0 Å². The first kappa shape index (κ1) is 24.6. The number of thiocarbonyl (C=S) groups is 1. The molecule has 194 valence electrons. The molecule has 0 radical (unpaired) electrons.